The Balaban J connectivity index is 1.54. The maximum Gasteiger partial charge on any atom is 0.269 e. The third-order valence-electron chi connectivity index (χ3n) is 4.30. The number of nitro benzene ring substituents is 1. The minimum atomic E-state index is -0.355. The fraction of sp³-hybridized carbons (Fsp3) is 0.300. The molecule has 0 atom stereocenters. The van der Waals surface area contributed by atoms with Crippen molar-refractivity contribution in [2.75, 3.05) is 13.1 Å². The van der Waals surface area contributed by atoms with Crippen molar-refractivity contribution < 1.29 is 4.92 Å². The molecule has 3 aromatic rings. The van der Waals surface area contributed by atoms with Gasteiger partial charge < -0.3 is 10.6 Å². The van der Waals surface area contributed by atoms with E-state index in [0.717, 1.165) is 38.2 Å². The molecule has 0 unspecified atom stereocenters. The second kappa shape index (κ2) is 10.3. The van der Waals surface area contributed by atoms with Crippen LogP contribution >= 0.6 is 22.7 Å². The van der Waals surface area contributed by atoms with Gasteiger partial charge in [-0.2, -0.15) is 0 Å². The van der Waals surface area contributed by atoms with Crippen molar-refractivity contribution in [1.29, 1.82) is 0 Å². The van der Waals surface area contributed by atoms with Crippen LogP contribution in [0.1, 0.15) is 15.3 Å². The lowest BCUT2D eigenvalue weighted by Gasteiger charge is -2.18. The number of non-ortho nitro benzene ring substituents is 1. The van der Waals surface area contributed by atoms with E-state index in [1.165, 1.54) is 9.75 Å². The van der Waals surface area contributed by atoms with Crippen LogP contribution in [0.15, 0.2) is 59.3 Å². The summed E-state index contributed by atoms with van der Waals surface area (Å²) in [5, 5.41) is 22.1. The summed E-state index contributed by atoms with van der Waals surface area (Å²) in [7, 11) is 0. The molecule has 0 spiro atoms. The van der Waals surface area contributed by atoms with Gasteiger partial charge in [-0.3, -0.25) is 10.1 Å². The van der Waals surface area contributed by atoms with Gasteiger partial charge in [-0.05, 0) is 53.9 Å². The summed E-state index contributed by atoms with van der Waals surface area (Å²) in [6.07, 6.45) is 0.882. The highest BCUT2D eigenvalue weighted by atomic mass is 32.1. The van der Waals surface area contributed by atoms with E-state index in [2.05, 4.69) is 45.7 Å². The van der Waals surface area contributed by atoms with Crippen molar-refractivity contribution in [3.8, 4) is 0 Å². The first-order chi connectivity index (χ1) is 13.2. The highest BCUT2D eigenvalue weighted by molar-refractivity contribution is 7.10. The van der Waals surface area contributed by atoms with Gasteiger partial charge in [-0.25, -0.2) is 0 Å². The molecule has 142 valence electrons. The molecule has 2 heterocycles. The summed E-state index contributed by atoms with van der Waals surface area (Å²) >= 11 is 3.52. The summed E-state index contributed by atoms with van der Waals surface area (Å²) in [6, 6.07) is 15.3. The largest absolute Gasteiger partial charge is 0.312 e. The average molecular weight is 402 g/mol. The number of nitrogens with zero attached hydrogens (tertiary/aromatic N) is 1. The van der Waals surface area contributed by atoms with Gasteiger partial charge in [0.2, 0.25) is 0 Å². The number of thiophene rings is 2. The van der Waals surface area contributed by atoms with E-state index >= 15 is 0 Å². The second-order valence-corrected chi connectivity index (χ2v) is 8.48. The van der Waals surface area contributed by atoms with Crippen molar-refractivity contribution in [3.63, 3.8) is 0 Å². The van der Waals surface area contributed by atoms with E-state index < -0.39 is 0 Å². The number of rotatable bonds is 11. The van der Waals surface area contributed by atoms with E-state index in [4.69, 9.17) is 0 Å². The first-order valence-corrected chi connectivity index (χ1v) is 10.7. The molecule has 0 bridgehead atoms. The Morgan fingerprint density at radius 1 is 0.889 bits per heavy atom. The van der Waals surface area contributed by atoms with Crippen LogP contribution in [0.25, 0.3) is 0 Å². The number of benzene rings is 1. The molecular weight excluding hydrogens is 378 g/mol. The Hall–Kier alpha value is -2.06. The molecule has 27 heavy (non-hydrogen) atoms. The van der Waals surface area contributed by atoms with Crippen molar-refractivity contribution in [1.82, 2.24) is 10.6 Å². The van der Waals surface area contributed by atoms with E-state index in [9.17, 15) is 10.1 Å². The summed E-state index contributed by atoms with van der Waals surface area (Å²) in [5.41, 5.74) is 1.27. The van der Waals surface area contributed by atoms with Crippen LogP contribution in [0, 0.1) is 16.0 Å². The predicted molar refractivity (Wildman–Crippen MR) is 112 cm³/mol. The van der Waals surface area contributed by atoms with E-state index in [0.29, 0.717) is 5.92 Å². The van der Waals surface area contributed by atoms with Crippen LogP contribution in [0.3, 0.4) is 0 Å². The minimum Gasteiger partial charge on any atom is -0.312 e. The summed E-state index contributed by atoms with van der Waals surface area (Å²) in [5.74, 6) is 0.409. The van der Waals surface area contributed by atoms with Gasteiger partial charge in [-0.15, -0.1) is 22.7 Å². The quantitative estimate of drug-likeness (QED) is 0.368. The Labute approximate surface area is 167 Å². The molecule has 2 aromatic heterocycles. The third kappa shape index (κ3) is 6.55. The first kappa shape index (κ1) is 19.7. The number of nitrogens with one attached hydrogen (secondary N) is 2. The fourth-order valence-electron chi connectivity index (χ4n) is 2.93. The topological polar surface area (TPSA) is 67.2 Å². The molecule has 1 aromatic carbocycles. The standard InChI is InChI=1S/C20H23N3O2S2/c24-23(25)18-7-5-16(6-8-18)11-17(12-21-14-19-3-1-9-26-19)13-22-15-20-4-2-10-27-20/h1-10,17,21-22H,11-15H2. The second-order valence-electron chi connectivity index (χ2n) is 6.41. The minimum absolute atomic E-state index is 0.141. The molecule has 0 fully saturated rings. The molecule has 3 rings (SSSR count). The van der Waals surface area contributed by atoms with Gasteiger partial charge in [-0.1, -0.05) is 24.3 Å². The molecule has 0 aliphatic heterocycles. The van der Waals surface area contributed by atoms with E-state index in [-0.39, 0.29) is 10.6 Å². The predicted octanol–water partition coefficient (Wildman–Crippen LogP) is 4.46. The Bertz CT molecular complexity index is 762. The smallest absolute Gasteiger partial charge is 0.269 e. The van der Waals surface area contributed by atoms with Crippen molar-refractivity contribution in [3.05, 3.63) is 84.7 Å². The molecule has 0 saturated heterocycles. The zero-order chi connectivity index (χ0) is 18.9. The molecular formula is C20H23N3O2S2. The van der Waals surface area contributed by atoms with Crippen LogP contribution in [-0.4, -0.2) is 18.0 Å². The highest BCUT2D eigenvalue weighted by Gasteiger charge is 2.12. The normalized spacial score (nSPS) is 11.1. The van der Waals surface area contributed by atoms with Crippen LogP contribution in [0.4, 0.5) is 5.69 Å². The summed E-state index contributed by atoms with van der Waals surface area (Å²) < 4.78 is 0. The van der Waals surface area contributed by atoms with Crippen molar-refractivity contribution in [2.45, 2.75) is 19.5 Å². The average Bonchev–Trinajstić information content (AvgIpc) is 3.36. The van der Waals surface area contributed by atoms with E-state index in [1.54, 1.807) is 34.8 Å². The monoisotopic (exact) mass is 401 g/mol. The lowest BCUT2D eigenvalue weighted by atomic mass is 9.98. The van der Waals surface area contributed by atoms with Crippen LogP contribution in [0.5, 0.6) is 0 Å². The zero-order valence-corrected chi connectivity index (χ0v) is 16.6. The van der Waals surface area contributed by atoms with E-state index in [1.807, 2.05) is 12.1 Å². The van der Waals surface area contributed by atoms with Gasteiger partial charge in [0.25, 0.3) is 5.69 Å². The molecule has 0 amide bonds. The van der Waals surface area contributed by atoms with Gasteiger partial charge in [0, 0.05) is 35.0 Å². The Kier molecular flexibility index (Phi) is 7.53. The van der Waals surface area contributed by atoms with Gasteiger partial charge in [0.1, 0.15) is 0 Å². The maximum absolute atomic E-state index is 10.8. The molecule has 5 nitrogen and oxygen atoms in total. The molecule has 2 N–H and O–H groups in total. The number of hydrogen-bond acceptors (Lipinski definition) is 6. The zero-order valence-electron chi connectivity index (χ0n) is 15.0. The SMILES string of the molecule is O=[N+]([O-])c1ccc(CC(CNCc2cccs2)CNCc2cccs2)cc1. The number of hydrogen-bond donors (Lipinski definition) is 2. The van der Waals surface area contributed by atoms with Crippen molar-refractivity contribution in [2.24, 2.45) is 5.92 Å². The molecule has 0 radical (unpaired) electrons. The Morgan fingerprint density at radius 3 is 1.89 bits per heavy atom. The lowest BCUT2D eigenvalue weighted by molar-refractivity contribution is -0.384. The molecule has 7 heteroatoms. The molecule has 0 aliphatic rings. The van der Waals surface area contributed by atoms with Gasteiger partial charge in [0.05, 0.1) is 4.92 Å². The Morgan fingerprint density at radius 2 is 1.44 bits per heavy atom. The van der Waals surface area contributed by atoms with Crippen LogP contribution in [0.2, 0.25) is 0 Å². The van der Waals surface area contributed by atoms with Gasteiger partial charge >= 0.3 is 0 Å². The number of nitro groups is 1. The third-order valence-corrected chi connectivity index (χ3v) is 6.05. The summed E-state index contributed by atoms with van der Waals surface area (Å²) in [4.78, 5) is 13.1. The van der Waals surface area contributed by atoms with Crippen LogP contribution < -0.4 is 10.6 Å². The van der Waals surface area contributed by atoms with Crippen LogP contribution in [-0.2, 0) is 19.5 Å². The lowest BCUT2D eigenvalue weighted by Crippen LogP contribution is -2.32. The van der Waals surface area contributed by atoms with Gasteiger partial charge in [0.15, 0.2) is 0 Å². The fourth-order valence-corrected chi connectivity index (χ4v) is 4.28. The highest BCUT2D eigenvalue weighted by Crippen LogP contribution is 2.16. The maximum atomic E-state index is 10.8. The molecule has 0 aliphatic carbocycles. The summed E-state index contributed by atoms with van der Waals surface area (Å²) in [6.45, 7) is 3.54. The molecule has 0 saturated carbocycles. The first-order valence-electron chi connectivity index (χ1n) is 8.90. The van der Waals surface area contributed by atoms with Crippen molar-refractivity contribution >= 4 is 28.4 Å².